The third kappa shape index (κ3) is 5.67. The number of hydrogen-bond donors (Lipinski definition) is 0. The highest BCUT2D eigenvalue weighted by molar-refractivity contribution is 8.00. The van der Waals surface area contributed by atoms with Crippen molar-refractivity contribution in [3.8, 4) is 22.7 Å². The van der Waals surface area contributed by atoms with Crippen molar-refractivity contribution in [1.29, 1.82) is 0 Å². The van der Waals surface area contributed by atoms with Gasteiger partial charge in [-0.25, -0.2) is 9.07 Å². The van der Waals surface area contributed by atoms with Crippen LogP contribution >= 0.6 is 11.8 Å². The van der Waals surface area contributed by atoms with Crippen molar-refractivity contribution in [2.75, 3.05) is 50.5 Å². The van der Waals surface area contributed by atoms with Gasteiger partial charge in [0.1, 0.15) is 23.9 Å². The van der Waals surface area contributed by atoms with Gasteiger partial charge in [0.15, 0.2) is 0 Å². The van der Waals surface area contributed by atoms with E-state index >= 15 is 4.39 Å². The van der Waals surface area contributed by atoms with Crippen molar-refractivity contribution in [2.24, 2.45) is 0 Å². The van der Waals surface area contributed by atoms with Gasteiger partial charge in [0.2, 0.25) is 17.7 Å². The number of carbonyl (C=O) groups excluding carboxylic acids is 3. The van der Waals surface area contributed by atoms with E-state index in [1.54, 1.807) is 51.9 Å². The summed E-state index contributed by atoms with van der Waals surface area (Å²) < 4.78 is 22.5. The fraction of sp³-hybridized carbons (Fsp3) is 0.273. The molecule has 0 spiro atoms. The molecule has 2 aliphatic rings. The molecule has 1 aromatic heterocycles. The van der Waals surface area contributed by atoms with Gasteiger partial charge in [0.25, 0.3) is 0 Å². The third-order valence-corrected chi connectivity index (χ3v) is 9.25. The fourth-order valence-electron chi connectivity index (χ4n) is 5.67. The maximum atomic E-state index is 15.4. The Labute approximate surface area is 259 Å². The van der Waals surface area contributed by atoms with E-state index in [0.29, 0.717) is 60.3 Å². The van der Waals surface area contributed by atoms with Crippen LogP contribution in [0.2, 0.25) is 0 Å². The number of ether oxygens (including phenoxy) is 1. The second kappa shape index (κ2) is 12.5. The summed E-state index contributed by atoms with van der Waals surface area (Å²) in [5.74, 6) is 0.196. The van der Waals surface area contributed by atoms with Crippen molar-refractivity contribution < 1.29 is 23.5 Å². The molecule has 3 aromatic carbocycles. The van der Waals surface area contributed by atoms with Crippen molar-refractivity contribution >= 4 is 35.3 Å². The number of anilines is 1. The van der Waals surface area contributed by atoms with Gasteiger partial charge in [-0.15, -0.1) is 11.8 Å². The molecule has 0 aliphatic carbocycles. The van der Waals surface area contributed by atoms with Crippen LogP contribution in [-0.4, -0.2) is 82.9 Å². The topological polar surface area (TPSA) is 88.0 Å². The summed E-state index contributed by atoms with van der Waals surface area (Å²) in [6, 6.07) is 23.4. The molecule has 1 saturated heterocycles. The Morgan fingerprint density at radius 2 is 1.59 bits per heavy atom. The summed E-state index contributed by atoms with van der Waals surface area (Å²) >= 11 is 1.32. The zero-order valence-electron chi connectivity index (χ0n) is 24.5. The Bertz CT molecular complexity index is 1690. The minimum atomic E-state index is -0.573. The van der Waals surface area contributed by atoms with Crippen molar-refractivity contribution in [3.05, 3.63) is 95.8 Å². The summed E-state index contributed by atoms with van der Waals surface area (Å²) in [6.07, 6.45) is 0. The molecule has 44 heavy (non-hydrogen) atoms. The molecular formula is C33H32FN5O4S. The first-order chi connectivity index (χ1) is 21.4. The number of halogens is 1. The minimum absolute atomic E-state index is 0.0301. The molecule has 6 rings (SSSR count). The predicted octanol–water partition coefficient (Wildman–Crippen LogP) is 4.55. The minimum Gasteiger partial charge on any atom is -0.497 e. The lowest BCUT2D eigenvalue weighted by Crippen LogP contribution is -2.53. The molecule has 2 aliphatic heterocycles. The molecule has 0 radical (unpaired) electrons. The van der Waals surface area contributed by atoms with Crippen LogP contribution in [0.3, 0.4) is 0 Å². The zero-order chi connectivity index (χ0) is 30.8. The number of carbonyl (C=O) groups is 3. The molecule has 0 N–H and O–H groups in total. The molecular weight excluding hydrogens is 581 g/mol. The van der Waals surface area contributed by atoms with E-state index in [1.807, 2.05) is 42.5 Å². The first-order valence-electron chi connectivity index (χ1n) is 14.4. The summed E-state index contributed by atoms with van der Waals surface area (Å²) in [5.41, 5.74) is 3.15. The molecule has 1 fully saturated rings. The zero-order valence-corrected chi connectivity index (χ0v) is 25.3. The molecule has 226 valence electrons. The van der Waals surface area contributed by atoms with Gasteiger partial charge < -0.3 is 14.5 Å². The van der Waals surface area contributed by atoms with E-state index in [4.69, 9.17) is 9.84 Å². The highest BCUT2D eigenvalue weighted by Crippen LogP contribution is 2.49. The average Bonchev–Trinajstić information content (AvgIpc) is 3.38. The van der Waals surface area contributed by atoms with E-state index in [-0.39, 0.29) is 35.8 Å². The Morgan fingerprint density at radius 1 is 0.932 bits per heavy atom. The number of methoxy groups -OCH3 is 1. The predicted molar refractivity (Wildman–Crippen MR) is 167 cm³/mol. The van der Waals surface area contributed by atoms with Crippen molar-refractivity contribution in [3.63, 3.8) is 0 Å². The van der Waals surface area contributed by atoms with Crippen LogP contribution in [0, 0.1) is 5.82 Å². The second-order valence-electron chi connectivity index (χ2n) is 10.6. The quantitative estimate of drug-likeness (QED) is 0.317. The lowest BCUT2D eigenvalue weighted by Gasteiger charge is -2.35. The normalized spacial score (nSPS) is 16.8. The average molecular weight is 614 g/mol. The van der Waals surface area contributed by atoms with Gasteiger partial charge in [-0.3, -0.25) is 19.3 Å². The van der Waals surface area contributed by atoms with Gasteiger partial charge in [-0.1, -0.05) is 48.5 Å². The fourth-order valence-corrected chi connectivity index (χ4v) is 6.89. The first-order valence-corrected chi connectivity index (χ1v) is 15.4. The molecule has 11 heteroatoms. The largest absolute Gasteiger partial charge is 0.497 e. The van der Waals surface area contributed by atoms with Gasteiger partial charge in [-0.2, -0.15) is 5.10 Å². The summed E-state index contributed by atoms with van der Waals surface area (Å²) in [5, 5.41) is 4.47. The number of amides is 3. The second-order valence-corrected chi connectivity index (χ2v) is 11.7. The molecule has 0 unspecified atom stereocenters. The number of fused-ring (bicyclic) bond motifs is 1. The van der Waals surface area contributed by atoms with Crippen LogP contribution in [0.15, 0.2) is 78.9 Å². The molecule has 4 aromatic rings. The molecule has 0 saturated carbocycles. The van der Waals surface area contributed by atoms with Crippen LogP contribution in [0.1, 0.15) is 23.3 Å². The highest BCUT2D eigenvalue weighted by Gasteiger charge is 2.39. The maximum Gasteiger partial charge on any atom is 0.242 e. The van der Waals surface area contributed by atoms with Gasteiger partial charge >= 0.3 is 0 Å². The summed E-state index contributed by atoms with van der Waals surface area (Å²) in [7, 11) is 1.58. The van der Waals surface area contributed by atoms with Crippen LogP contribution in [-0.2, 0) is 14.4 Å². The van der Waals surface area contributed by atoms with Gasteiger partial charge in [0.05, 0.1) is 29.5 Å². The number of nitrogens with zero attached hydrogens (tertiary/aromatic N) is 5. The van der Waals surface area contributed by atoms with Gasteiger partial charge in [-0.05, 0) is 30.3 Å². The molecule has 0 bridgehead atoms. The maximum absolute atomic E-state index is 15.4. The Balaban J connectivity index is 1.52. The first kappa shape index (κ1) is 29.4. The lowest BCUT2D eigenvalue weighted by molar-refractivity contribution is -0.137. The molecule has 3 heterocycles. The molecule has 3 amide bonds. The van der Waals surface area contributed by atoms with E-state index in [1.165, 1.54) is 29.7 Å². The highest BCUT2D eigenvalue weighted by atomic mass is 32.2. The van der Waals surface area contributed by atoms with Crippen LogP contribution in [0.5, 0.6) is 5.75 Å². The van der Waals surface area contributed by atoms with Gasteiger partial charge in [0, 0.05) is 49.8 Å². The van der Waals surface area contributed by atoms with Crippen LogP contribution < -0.4 is 9.64 Å². The van der Waals surface area contributed by atoms with E-state index in [0.717, 1.165) is 5.56 Å². The SMILES string of the molecule is COc1ccc(-n2nc(-c3ccccc3)c3c2N(CC(=O)N2CCN(C(C)=O)CC2)C(=O)CS[C@H]3c2ccccc2F)cc1. The Hall–Kier alpha value is -4.64. The number of thioether (sulfide) groups is 1. The lowest BCUT2D eigenvalue weighted by atomic mass is 9.99. The van der Waals surface area contributed by atoms with Crippen molar-refractivity contribution in [2.45, 2.75) is 12.2 Å². The van der Waals surface area contributed by atoms with E-state index in [9.17, 15) is 14.4 Å². The Morgan fingerprint density at radius 3 is 2.25 bits per heavy atom. The summed E-state index contributed by atoms with van der Waals surface area (Å²) in [6.45, 7) is 2.94. The van der Waals surface area contributed by atoms with E-state index in [2.05, 4.69) is 0 Å². The van der Waals surface area contributed by atoms with Crippen LogP contribution in [0.25, 0.3) is 16.9 Å². The number of piperazine rings is 1. The number of hydrogen-bond acceptors (Lipinski definition) is 6. The molecule has 1 atom stereocenters. The summed E-state index contributed by atoms with van der Waals surface area (Å²) in [4.78, 5) is 44.4. The number of rotatable bonds is 6. The Kier molecular flexibility index (Phi) is 8.38. The smallest absolute Gasteiger partial charge is 0.242 e. The monoisotopic (exact) mass is 613 g/mol. The van der Waals surface area contributed by atoms with E-state index < -0.39 is 5.25 Å². The molecule has 9 nitrogen and oxygen atoms in total. The number of aromatic nitrogens is 2. The van der Waals surface area contributed by atoms with Crippen molar-refractivity contribution in [1.82, 2.24) is 19.6 Å². The third-order valence-electron chi connectivity index (χ3n) is 8.01. The van der Waals surface area contributed by atoms with Crippen LogP contribution in [0.4, 0.5) is 10.2 Å². The standard InChI is InChI=1S/C33H32FN5O4S/c1-22(40)36-16-18-37(19-17-36)28(41)20-38-29(42)21-44-32(26-10-6-7-11-27(26)34)30-31(23-8-4-3-5-9-23)35-39(33(30)38)24-12-14-25(43-2)15-13-24/h3-15,32H,16-21H2,1-2H3/t32-/m0/s1. The number of benzene rings is 3.